The molecule has 35 heavy (non-hydrogen) atoms. The number of halogens is 1. The van der Waals surface area contributed by atoms with Crippen LogP contribution in [-0.4, -0.2) is 35.0 Å². The molecule has 3 rings (SSSR count). The van der Waals surface area contributed by atoms with Crippen LogP contribution < -0.4 is 10.8 Å². The summed E-state index contributed by atoms with van der Waals surface area (Å²) in [6.07, 6.45) is 1.28. The van der Waals surface area contributed by atoms with Gasteiger partial charge < -0.3 is 14.6 Å². The van der Waals surface area contributed by atoms with E-state index in [9.17, 15) is 14.7 Å². The van der Waals surface area contributed by atoms with Crippen LogP contribution in [0.4, 0.5) is 10.5 Å². The number of phenols is 1. The predicted octanol–water partition coefficient (Wildman–Crippen LogP) is 5.84. The molecule has 0 aromatic heterocycles. The lowest BCUT2D eigenvalue weighted by atomic mass is 9.99. The lowest BCUT2D eigenvalue weighted by Gasteiger charge is -2.28. The van der Waals surface area contributed by atoms with Crippen molar-refractivity contribution in [1.29, 1.82) is 0 Å². The van der Waals surface area contributed by atoms with E-state index in [0.717, 1.165) is 10.8 Å². The largest absolute Gasteiger partial charge is 0.508 e. The first-order valence-electron chi connectivity index (χ1n) is 11.1. The van der Waals surface area contributed by atoms with E-state index in [-0.39, 0.29) is 5.75 Å². The molecule has 2 atom stereocenters. The standard InChI is InChI=1S/C26H27BrN2O6/c1-2-34-23(12-5-6-13-24(31)29-33)25(20-16-18(27)14-15-22(20)30)35-26(32)28-21-11-7-9-17-8-3-4-10-19(17)21/h3-4,6-11,13-16,23,25,30,33H,2,5,12H2,1H3,(H,28,32)(H,29,31)/b13-6+/t23-,25-/m1/s1. The first-order valence-corrected chi connectivity index (χ1v) is 11.9. The number of carbonyl (C=O) groups is 2. The van der Waals surface area contributed by atoms with Crippen LogP contribution in [0.5, 0.6) is 5.75 Å². The quantitative estimate of drug-likeness (QED) is 0.145. The number of rotatable bonds is 10. The maximum Gasteiger partial charge on any atom is 0.412 e. The van der Waals surface area contributed by atoms with Crippen LogP contribution in [-0.2, 0) is 14.3 Å². The molecule has 0 fully saturated rings. The van der Waals surface area contributed by atoms with Gasteiger partial charge in [-0.2, -0.15) is 0 Å². The number of phenolic OH excluding ortho intramolecular Hbond substituents is 1. The van der Waals surface area contributed by atoms with Crippen LogP contribution in [0.25, 0.3) is 10.8 Å². The van der Waals surface area contributed by atoms with Gasteiger partial charge >= 0.3 is 6.09 Å². The second-order valence-electron chi connectivity index (χ2n) is 7.63. The Kier molecular flexibility index (Phi) is 9.66. The number of carbonyl (C=O) groups excluding carboxylic acids is 2. The number of anilines is 1. The van der Waals surface area contributed by atoms with Crippen molar-refractivity contribution < 1.29 is 29.4 Å². The SMILES string of the molecule is CCO[C@H](CC/C=C/C(=O)NO)[C@H](OC(=O)Nc1cccc2ccccc12)c1cc(Br)ccc1O. The second-order valence-corrected chi connectivity index (χ2v) is 8.55. The highest BCUT2D eigenvalue weighted by Gasteiger charge is 2.30. The Morgan fingerprint density at radius 1 is 1.11 bits per heavy atom. The van der Waals surface area contributed by atoms with Crippen LogP contribution in [0.2, 0.25) is 0 Å². The van der Waals surface area contributed by atoms with Gasteiger partial charge in [-0.15, -0.1) is 0 Å². The van der Waals surface area contributed by atoms with Crippen molar-refractivity contribution in [3.63, 3.8) is 0 Å². The molecule has 0 unspecified atom stereocenters. The molecule has 0 saturated carbocycles. The zero-order chi connectivity index (χ0) is 25.2. The summed E-state index contributed by atoms with van der Waals surface area (Å²) in [6.45, 7) is 2.15. The molecule has 4 N–H and O–H groups in total. The molecule has 3 aromatic rings. The molecule has 0 aliphatic heterocycles. The zero-order valence-corrected chi connectivity index (χ0v) is 20.7. The molecule has 0 bridgehead atoms. The van der Waals surface area contributed by atoms with Gasteiger partial charge in [0.2, 0.25) is 0 Å². The molecule has 3 aromatic carbocycles. The topological polar surface area (TPSA) is 117 Å². The lowest BCUT2D eigenvalue weighted by molar-refractivity contribution is -0.124. The van der Waals surface area contributed by atoms with E-state index in [2.05, 4.69) is 21.2 Å². The number of hydrogen-bond acceptors (Lipinski definition) is 6. The van der Waals surface area contributed by atoms with Crippen molar-refractivity contribution in [3.8, 4) is 5.75 Å². The molecule has 0 aliphatic rings. The van der Waals surface area contributed by atoms with Crippen LogP contribution in [0.3, 0.4) is 0 Å². The molecule has 0 saturated heterocycles. The van der Waals surface area contributed by atoms with E-state index in [1.807, 2.05) is 43.3 Å². The number of allylic oxidation sites excluding steroid dienone is 1. The Balaban J connectivity index is 1.86. The zero-order valence-electron chi connectivity index (χ0n) is 19.1. The summed E-state index contributed by atoms with van der Waals surface area (Å²) in [5, 5.41) is 23.8. The smallest absolute Gasteiger partial charge is 0.412 e. The number of benzene rings is 3. The van der Waals surface area contributed by atoms with Gasteiger partial charge in [-0.3, -0.25) is 15.3 Å². The maximum absolute atomic E-state index is 13.0. The monoisotopic (exact) mass is 542 g/mol. The van der Waals surface area contributed by atoms with Crippen molar-refractivity contribution in [2.75, 3.05) is 11.9 Å². The van der Waals surface area contributed by atoms with E-state index in [1.165, 1.54) is 17.6 Å². The summed E-state index contributed by atoms with van der Waals surface area (Å²) < 4.78 is 12.4. The average molecular weight is 543 g/mol. The number of amides is 2. The fourth-order valence-electron chi connectivity index (χ4n) is 3.71. The van der Waals surface area contributed by atoms with Gasteiger partial charge in [-0.05, 0) is 49.4 Å². The van der Waals surface area contributed by atoms with Crippen molar-refractivity contribution in [2.45, 2.75) is 32.0 Å². The molecular formula is C26H27BrN2O6. The second kappa shape index (κ2) is 12.9. The van der Waals surface area contributed by atoms with Crippen molar-refractivity contribution >= 4 is 44.4 Å². The van der Waals surface area contributed by atoms with E-state index >= 15 is 0 Å². The lowest BCUT2D eigenvalue weighted by Crippen LogP contribution is -2.29. The molecule has 0 spiro atoms. The maximum atomic E-state index is 13.0. The number of ether oxygens (including phenoxy) is 2. The Hall–Kier alpha value is -3.40. The van der Waals surface area contributed by atoms with Crippen molar-refractivity contribution in [3.05, 3.63) is 82.9 Å². The number of aromatic hydroxyl groups is 1. The number of hydrogen-bond donors (Lipinski definition) is 4. The normalized spacial score (nSPS) is 12.9. The van der Waals surface area contributed by atoms with Gasteiger partial charge in [0.05, 0.1) is 11.8 Å². The summed E-state index contributed by atoms with van der Waals surface area (Å²) >= 11 is 3.40. The third-order valence-electron chi connectivity index (χ3n) is 5.27. The van der Waals surface area contributed by atoms with Crippen molar-refractivity contribution in [1.82, 2.24) is 5.48 Å². The third kappa shape index (κ3) is 7.29. The highest BCUT2D eigenvalue weighted by molar-refractivity contribution is 9.10. The minimum atomic E-state index is -0.942. The van der Waals surface area contributed by atoms with Gasteiger partial charge in [-0.25, -0.2) is 10.3 Å². The molecule has 9 heteroatoms. The number of fused-ring (bicyclic) bond motifs is 1. The molecule has 0 radical (unpaired) electrons. The highest BCUT2D eigenvalue weighted by atomic mass is 79.9. The molecule has 2 amide bonds. The summed E-state index contributed by atoms with van der Waals surface area (Å²) in [6, 6.07) is 18.1. The first-order chi connectivity index (χ1) is 16.9. The Labute approximate surface area is 211 Å². The molecule has 8 nitrogen and oxygen atoms in total. The highest BCUT2D eigenvalue weighted by Crippen LogP contribution is 2.35. The molecule has 0 aliphatic carbocycles. The van der Waals surface area contributed by atoms with Crippen LogP contribution in [0.15, 0.2) is 77.3 Å². The number of nitrogens with one attached hydrogen (secondary N) is 2. The van der Waals surface area contributed by atoms with Crippen LogP contribution in [0.1, 0.15) is 31.4 Å². The minimum absolute atomic E-state index is 0.0453. The van der Waals surface area contributed by atoms with Gasteiger partial charge in [0.25, 0.3) is 5.91 Å². The van der Waals surface area contributed by atoms with Crippen LogP contribution in [0, 0.1) is 0 Å². The molecule has 184 valence electrons. The Morgan fingerprint density at radius 3 is 2.66 bits per heavy atom. The van der Waals surface area contributed by atoms with E-state index in [1.54, 1.807) is 24.3 Å². The van der Waals surface area contributed by atoms with E-state index < -0.39 is 24.2 Å². The first kappa shape index (κ1) is 26.2. The average Bonchev–Trinajstić information content (AvgIpc) is 2.86. The summed E-state index contributed by atoms with van der Waals surface area (Å²) in [7, 11) is 0. The summed E-state index contributed by atoms with van der Waals surface area (Å²) in [5.41, 5.74) is 2.50. The van der Waals surface area contributed by atoms with Gasteiger partial charge in [-0.1, -0.05) is 58.4 Å². The predicted molar refractivity (Wildman–Crippen MR) is 136 cm³/mol. The summed E-state index contributed by atoms with van der Waals surface area (Å²) in [5.74, 6) is -0.694. The van der Waals surface area contributed by atoms with E-state index in [0.29, 0.717) is 35.2 Å². The van der Waals surface area contributed by atoms with Gasteiger partial charge in [0.1, 0.15) is 5.75 Å². The fraction of sp³-hybridized carbons (Fsp3) is 0.231. The van der Waals surface area contributed by atoms with Crippen molar-refractivity contribution in [2.24, 2.45) is 0 Å². The minimum Gasteiger partial charge on any atom is -0.508 e. The molecule has 0 heterocycles. The fourth-order valence-corrected chi connectivity index (χ4v) is 4.09. The molecular weight excluding hydrogens is 516 g/mol. The Morgan fingerprint density at radius 2 is 1.89 bits per heavy atom. The van der Waals surface area contributed by atoms with Crippen LogP contribution >= 0.6 is 15.9 Å². The number of hydroxylamine groups is 1. The third-order valence-corrected chi connectivity index (χ3v) is 5.77. The summed E-state index contributed by atoms with van der Waals surface area (Å²) in [4.78, 5) is 24.3. The van der Waals surface area contributed by atoms with Gasteiger partial charge in [0.15, 0.2) is 6.10 Å². The van der Waals surface area contributed by atoms with Gasteiger partial charge in [0, 0.05) is 28.1 Å². The van der Waals surface area contributed by atoms with E-state index in [4.69, 9.17) is 14.7 Å². The Bertz CT molecular complexity index is 1190.